The summed E-state index contributed by atoms with van der Waals surface area (Å²) in [6, 6.07) is 0. The summed E-state index contributed by atoms with van der Waals surface area (Å²) >= 11 is 0. The average Bonchev–Trinajstić information content (AvgIpc) is 2.49. The highest BCUT2D eigenvalue weighted by Crippen LogP contribution is 2.25. The smallest absolute Gasteiger partial charge is 0.148 e. The molecular formula is C13H24N6O. The minimum Gasteiger partial charge on any atom is -0.395 e. The van der Waals surface area contributed by atoms with Crippen molar-refractivity contribution in [3.05, 3.63) is 11.9 Å². The first kappa shape index (κ1) is 15.0. The molecule has 1 aromatic rings. The number of aromatic nitrogens is 2. The van der Waals surface area contributed by atoms with E-state index in [1.165, 1.54) is 0 Å². The molecule has 0 unspecified atom stereocenters. The number of hydrogen-bond donors (Lipinski definition) is 3. The van der Waals surface area contributed by atoms with Gasteiger partial charge in [0.05, 0.1) is 6.61 Å². The Morgan fingerprint density at radius 3 is 2.65 bits per heavy atom. The summed E-state index contributed by atoms with van der Waals surface area (Å²) in [6.45, 7) is 6.82. The predicted molar refractivity (Wildman–Crippen MR) is 79.6 cm³/mol. The molecule has 112 valence electrons. The summed E-state index contributed by atoms with van der Waals surface area (Å²) in [7, 11) is 0. The first-order valence-electron chi connectivity index (χ1n) is 7.18. The Balaban J connectivity index is 2.12. The molecule has 1 fully saturated rings. The van der Waals surface area contributed by atoms with Crippen LogP contribution in [0.4, 0.5) is 11.6 Å². The van der Waals surface area contributed by atoms with Crippen molar-refractivity contribution in [2.45, 2.75) is 19.8 Å². The zero-order chi connectivity index (χ0) is 14.4. The largest absolute Gasteiger partial charge is 0.395 e. The molecule has 0 amide bonds. The number of nitrogens with two attached hydrogens (primary N) is 1. The molecule has 0 atom stereocenters. The number of nitrogen functional groups attached to an aromatic ring is 1. The fraction of sp³-hybridized carbons (Fsp3) is 0.692. The number of nitrogens with zero attached hydrogens (tertiary/aromatic N) is 4. The standard InChI is InChI=1S/C13H24N6O/c1-2-3-11-12(17-14)15-10-16-13(11)19-6-4-18(5-7-19)8-9-20/h10,20H,2-9,14H2,1H3,(H,15,16,17). The summed E-state index contributed by atoms with van der Waals surface area (Å²) < 4.78 is 0. The molecule has 20 heavy (non-hydrogen) atoms. The number of anilines is 2. The van der Waals surface area contributed by atoms with Gasteiger partial charge in [-0.05, 0) is 6.42 Å². The first-order valence-corrected chi connectivity index (χ1v) is 7.18. The van der Waals surface area contributed by atoms with Gasteiger partial charge >= 0.3 is 0 Å². The number of rotatable bonds is 6. The second kappa shape index (κ2) is 7.37. The van der Waals surface area contributed by atoms with Gasteiger partial charge < -0.3 is 15.4 Å². The van der Waals surface area contributed by atoms with Crippen LogP contribution >= 0.6 is 0 Å². The Morgan fingerprint density at radius 1 is 1.30 bits per heavy atom. The molecule has 1 aromatic heterocycles. The Bertz CT molecular complexity index is 419. The van der Waals surface area contributed by atoms with E-state index in [-0.39, 0.29) is 6.61 Å². The third-order valence-electron chi connectivity index (χ3n) is 3.65. The number of hydrazine groups is 1. The van der Waals surface area contributed by atoms with Crippen LogP contribution in [0.25, 0.3) is 0 Å². The molecule has 0 bridgehead atoms. The van der Waals surface area contributed by atoms with Gasteiger partial charge in [-0.25, -0.2) is 15.8 Å². The van der Waals surface area contributed by atoms with Crippen molar-refractivity contribution in [1.82, 2.24) is 14.9 Å². The van der Waals surface area contributed by atoms with Gasteiger partial charge in [-0.2, -0.15) is 0 Å². The molecule has 0 saturated carbocycles. The van der Waals surface area contributed by atoms with Gasteiger partial charge in [0.2, 0.25) is 0 Å². The summed E-state index contributed by atoms with van der Waals surface area (Å²) in [4.78, 5) is 13.2. The number of β-amino-alcohol motifs (C(OH)–C–C–N with tert-alkyl or cyclic N) is 1. The van der Waals surface area contributed by atoms with Gasteiger partial charge in [0.1, 0.15) is 18.0 Å². The minimum absolute atomic E-state index is 0.218. The van der Waals surface area contributed by atoms with Crippen molar-refractivity contribution in [1.29, 1.82) is 0 Å². The lowest BCUT2D eigenvalue weighted by Crippen LogP contribution is -2.47. The van der Waals surface area contributed by atoms with Crippen LogP contribution in [-0.4, -0.2) is 59.3 Å². The summed E-state index contributed by atoms with van der Waals surface area (Å²) in [5, 5.41) is 8.99. The maximum Gasteiger partial charge on any atom is 0.148 e. The molecule has 7 nitrogen and oxygen atoms in total. The second-order valence-electron chi connectivity index (χ2n) is 4.97. The van der Waals surface area contributed by atoms with Gasteiger partial charge in [0, 0.05) is 38.3 Å². The fourth-order valence-electron chi connectivity index (χ4n) is 2.60. The van der Waals surface area contributed by atoms with E-state index in [4.69, 9.17) is 10.9 Å². The zero-order valence-electron chi connectivity index (χ0n) is 12.0. The second-order valence-corrected chi connectivity index (χ2v) is 4.97. The average molecular weight is 280 g/mol. The molecule has 1 saturated heterocycles. The molecule has 0 aliphatic carbocycles. The normalized spacial score (nSPS) is 16.4. The number of hydrogen-bond acceptors (Lipinski definition) is 7. The molecule has 0 spiro atoms. The van der Waals surface area contributed by atoms with Crippen molar-refractivity contribution >= 4 is 11.6 Å². The van der Waals surface area contributed by atoms with Crippen LogP contribution in [0.2, 0.25) is 0 Å². The van der Waals surface area contributed by atoms with Crippen LogP contribution in [0, 0.1) is 0 Å². The van der Waals surface area contributed by atoms with E-state index < -0.39 is 0 Å². The van der Waals surface area contributed by atoms with Gasteiger partial charge in [-0.1, -0.05) is 13.3 Å². The number of piperazine rings is 1. The fourth-order valence-corrected chi connectivity index (χ4v) is 2.60. The quantitative estimate of drug-likeness (QED) is 0.492. The Morgan fingerprint density at radius 2 is 2.05 bits per heavy atom. The summed E-state index contributed by atoms with van der Waals surface area (Å²) in [5.74, 6) is 7.25. The zero-order valence-corrected chi connectivity index (χ0v) is 12.0. The SMILES string of the molecule is CCCc1c(NN)ncnc1N1CCN(CCO)CC1. The van der Waals surface area contributed by atoms with E-state index in [0.29, 0.717) is 0 Å². The van der Waals surface area contributed by atoms with E-state index in [0.717, 1.165) is 62.8 Å². The van der Waals surface area contributed by atoms with Crippen molar-refractivity contribution in [2.75, 3.05) is 49.7 Å². The molecule has 1 aliphatic rings. The number of nitrogens with one attached hydrogen (secondary N) is 1. The summed E-state index contributed by atoms with van der Waals surface area (Å²) in [6.07, 6.45) is 3.50. The van der Waals surface area contributed by atoms with Crippen LogP contribution in [0.5, 0.6) is 0 Å². The Kier molecular flexibility index (Phi) is 5.51. The molecule has 7 heteroatoms. The molecule has 2 rings (SSSR count). The highest BCUT2D eigenvalue weighted by atomic mass is 16.3. The monoisotopic (exact) mass is 280 g/mol. The van der Waals surface area contributed by atoms with Crippen molar-refractivity contribution in [2.24, 2.45) is 5.84 Å². The third-order valence-corrected chi connectivity index (χ3v) is 3.65. The van der Waals surface area contributed by atoms with Crippen LogP contribution in [-0.2, 0) is 6.42 Å². The van der Waals surface area contributed by atoms with Gasteiger partial charge in [-0.3, -0.25) is 4.90 Å². The maximum atomic E-state index is 8.99. The molecule has 1 aliphatic heterocycles. The number of aliphatic hydroxyl groups is 1. The highest BCUT2D eigenvalue weighted by Gasteiger charge is 2.21. The van der Waals surface area contributed by atoms with Crippen LogP contribution < -0.4 is 16.2 Å². The first-order chi connectivity index (χ1) is 9.80. The van der Waals surface area contributed by atoms with Crippen LogP contribution in [0.1, 0.15) is 18.9 Å². The Hall–Kier alpha value is -1.44. The van der Waals surface area contributed by atoms with E-state index >= 15 is 0 Å². The lowest BCUT2D eigenvalue weighted by atomic mass is 10.1. The lowest BCUT2D eigenvalue weighted by molar-refractivity contribution is 0.188. The van der Waals surface area contributed by atoms with Gasteiger partial charge in [0.15, 0.2) is 0 Å². The molecule has 0 aromatic carbocycles. The molecule has 4 N–H and O–H groups in total. The predicted octanol–water partition coefficient (Wildman–Crippen LogP) is -0.171. The number of aliphatic hydroxyl groups excluding tert-OH is 1. The van der Waals surface area contributed by atoms with Gasteiger partial charge in [-0.15, -0.1) is 0 Å². The topological polar surface area (TPSA) is 90.5 Å². The van der Waals surface area contributed by atoms with E-state index in [1.807, 2.05) is 0 Å². The Labute approximate surface area is 119 Å². The van der Waals surface area contributed by atoms with Crippen molar-refractivity contribution < 1.29 is 5.11 Å². The van der Waals surface area contributed by atoms with Crippen LogP contribution in [0.15, 0.2) is 6.33 Å². The van der Waals surface area contributed by atoms with E-state index in [2.05, 4.69) is 32.1 Å². The minimum atomic E-state index is 0.218. The van der Waals surface area contributed by atoms with Crippen LogP contribution in [0.3, 0.4) is 0 Å². The third kappa shape index (κ3) is 3.36. The maximum absolute atomic E-state index is 8.99. The van der Waals surface area contributed by atoms with Gasteiger partial charge in [0.25, 0.3) is 0 Å². The molecule has 2 heterocycles. The molecular weight excluding hydrogens is 256 g/mol. The van der Waals surface area contributed by atoms with E-state index in [1.54, 1.807) is 6.33 Å². The molecule has 0 radical (unpaired) electrons. The highest BCUT2D eigenvalue weighted by molar-refractivity contribution is 5.58. The lowest BCUT2D eigenvalue weighted by Gasteiger charge is -2.36. The summed E-state index contributed by atoms with van der Waals surface area (Å²) in [5.41, 5.74) is 3.76. The van der Waals surface area contributed by atoms with Crippen molar-refractivity contribution in [3.8, 4) is 0 Å². The van der Waals surface area contributed by atoms with E-state index in [9.17, 15) is 0 Å². The van der Waals surface area contributed by atoms with Crippen molar-refractivity contribution in [3.63, 3.8) is 0 Å².